The third kappa shape index (κ3) is 3.81. The maximum absolute atomic E-state index is 13.9. The van der Waals surface area contributed by atoms with Crippen molar-refractivity contribution in [3.05, 3.63) is 53.1 Å². The Labute approximate surface area is 155 Å². The largest absolute Gasteiger partial charge is 0.465 e. The van der Waals surface area contributed by atoms with E-state index in [9.17, 15) is 18.7 Å². The molecule has 1 N–H and O–H groups in total. The molecule has 0 aromatic heterocycles. The predicted octanol–water partition coefficient (Wildman–Crippen LogP) is 4.86. The summed E-state index contributed by atoms with van der Waals surface area (Å²) in [5.74, 6) is -1.09. The van der Waals surface area contributed by atoms with Gasteiger partial charge in [-0.15, -0.1) is 0 Å². The molecule has 0 unspecified atom stereocenters. The molecule has 7 heteroatoms. The Morgan fingerprint density at radius 3 is 2.69 bits per heavy atom. The van der Waals surface area contributed by atoms with Gasteiger partial charge in [-0.2, -0.15) is 0 Å². The van der Waals surface area contributed by atoms with Crippen LogP contribution in [0.1, 0.15) is 12.8 Å². The number of hydrogen-bond donors (Lipinski definition) is 1. The van der Waals surface area contributed by atoms with Crippen LogP contribution in [0, 0.1) is 11.6 Å². The van der Waals surface area contributed by atoms with Crippen molar-refractivity contribution in [2.75, 3.05) is 25.0 Å². The van der Waals surface area contributed by atoms with E-state index >= 15 is 0 Å². The Kier molecular flexibility index (Phi) is 5.44. The summed E-state index contributed by atoms with van der Waals surface area (Å²) in [7, 11) is 1.96. The second-order valence-corrected chi connectivity index (χ2v) is 6.87. The number of rotatable bonds is 4. The van der Waals surface area contributed by atoms with Crippen LogP contribution < -0.4 is 4.90 Å². The predicted molar refractivity (Wildman–Crippen MR) is 97.8 cm³/mol. The highest BCUT2D eigenvalue weighted by atomic mass is 35.5. The van der Waals surface area contributed by atoms with Crippen LogP contribution in [0.25, 0.3) is 11.1 Å². The molecule has 0 spiro atoms. The average molecular weight is 381 g/mol. The van der Waals surface area contributed by atoms with Crippen LogP contribution in [-0.4, -0.2) is 42.3 Å². The Hall–Kier alpha value is -2.18. The van der Waals surface area contributed by atoms with Crippen molar-refractivity contribution in [1.29, 1.82) is 0 Å². The number of likely N-dealkylation sites (tertiary alicyclic amines) is 1. The lowest BCUT2D eigenvalue weighted by Crippen LogP contribution is -2.41. The monoisotopic (exact) mass is 380 g/mol. The molecule has 4 nitrogen and oxygen atoms in total. The molecule has 3 rings (SSSR count). The SMILES string of the molecule is CN1CCC[C@H]1CN(C(=O)O)c1ccc(F)cc1-c1ccc(F)c(Cl)c1. The standard InChI is InChI=1S/C19H19ClF2N2O2/c1-23-8-2-3-14(23)11-24(19(25)26)18-7-5-13(21)10-15(18)12-4-6-17(22)16(20)9-12/h4-7,9-10,14H,2-3,8,11H2,1H3,(H,25,26)/t14-/m0/s1. The van der Waals surface area contributed by atoms with E-state index in [2.05, 4.69) is 4.90 Å². The molecule has 1 amide bonds. The highest BCUT2D eigenvalue weighted by molar-refractivity contribution is 6.31. The van der Waals surface area contributed by atoms with E-state index in [1.165, 1.54) is 41.3 Å². The molecule has 0 radical (unpaired) electrons. The van der Waals surface area contributed by atoms with Crippen LogP contribution in [0.2, 0.25) is 5.02 Å². The first-order valence-electron chi connectivity index (χ1n) is 8.32. The molecule has 1 saturated heterocycles. The highest BCUT2D eigenvalue weighted by Gasteiger charge is 2.28. The van der Waals surface area contributed by atoms with Gasteiger partial charge in [0.25, 0.3) is 0 Å². The topological polar surface area (TPSA) is 43.8 Å². The molecule has 2 aromatic carbocycles. The fraction of sp³-hybridized carbons (Fsp3) is 0.316. The molecule has 1 aliphatic rings. The van der Waals surface area contributed by atoms with Gasteiger partial charge < -0.3 is 10.0 Å². The quantitative estimate of drug-likeness (QED) is 0.823. The lowest BCUT2D eigenvalue weighted by molar-refractivity contribution is 0.198. The van der Waals surface area contributed by atoms with E-state index in [0.29, 0.717) is 16.8 Å². The molecule has 1 heterocycles. The first kappa shape index (κ1) is 18.6. The van der Waals surface area contributed by atoms with Crippen LogP contribution in [0.4, 0.5) is 19.3 Å². The minimum absolute atomic E-state index is 0.0980. The van der Waals surface area contributed by atoms with Gasteiger partial charge in [-0.25, -0.2) is 13.6 Å². The number of amides is 1. The van der Waals surface area contributed by atoms with E-state index in [1.807, 2.05) is 7.05 Å². The molecule has 0 bridgehead atoms. The summed E-state index contributed by atoms with van der Waals surface area (Å²) in [6.07, 6.45) is 0.795. The van der Waals surface area contributed by atoms with Crippen LogP contribution in [0.3, 0.4) is 0 Å². The molecule has 1 aliphatic heterocycles. The summed E-state index contributed by atoms with van der Waals surface area (Å²) < 4.78 is 27.3. The first-order chi connectivity index (χ1) is 12.4. The average Bonchev–Trinajstić information content (AvgIpc) is 3.00. The summed E-state index contributed by atoms with van der Waals surface area (Å²) in [5, 5.41) is 9.64. The van der Waals surface area contributed by atoms with Gasteiger partial charge in [-0.05, 0) is 62.3 Å². The van der Waals surface area contributed by atoms with Crippen molar-refractivity contribution in [2.45, 2.75) is 18.9 Å². The number of likely N-dealkylation sites (N-methyl/N-ethyl adjacent to an activating group) is 1. The zero-order chi connectivity index (χ0) is 18.8. The van der Waals surface area contributed by atoms with Gasteiger partial charge in [0.05, 0.1) is 10.7 Å². The summed E-state index contributed by atoms with van der Waals surface area (Å²) in [6.45, 7) is 1.20. The molecular formula is C19H19ClF2N2O2. The van der Waals surface area contributed by atoms with E-state index < -0.39 is 17.7 Å². The lowest BCUT2D eigenvalue weighted by atomic mass is 10.0. The normalized spacial score (nSPS) is 17.5. The van der Waals surface area contributed by atoms with Gasteiger partial charge in [0.1, 0.15) is 11.6 Å². The van der Waals surface area contributed by atoms with E-state index in [-0.39, 0.29) is 17.6 Å². The number of halogens is 3. The van der Waals surface area contributed by atoms with Gasteiger partial charge in [0, 0.05) is 18.2 Å². The molecule has 0 saturated carbocycles. The molecule has 2 aromatic rings. The van der Waals surface area contributed by atoms with Gasteiger partial charge in [0.15, 0.2) is 0 Å². The van der Waals surface area contributed by atoms with Crippen LogP contribution in [0.15, 0.2) is 36.4 Å². The maximum atomic E-state index is 13.9. The number of nitrogens with zero attached hydrogens (tertiary/aromatic N) is 2. The van der Waals surface area contributed by atoms with Crippen molar-refractivity contribution in [2.24, 2.45) is 0 Å². The number of benzene rings is 2. The van der Waals surface area contributed by atoms with E-state index in [4.69, 9.17) is 11.6 Å². The van der Waals surface area contributed by atoms with Gasteiger partial charge >= 0.3 is 6.09 Å². The van der Waals surface area contributed by atoms with Gasteiger partial charge in [0.2, 0.25) is 0 Å². The second-order valence-electron chi connectivity index (χ2n) is 6.46. The van der Waals surface area contributed by atoms with Crippen molar-refractivity contribution in [3.8, 4) is 11.1 Å². The number of hydrogen-bond acceptors (Lipinski definition) is 2. The van der Waals surface area contributed by atoms with Crippen LogP contribution >= 0.6 is 11.6 Å². The fourth-order valence-corrected chi connectivity index (χ4v) is 3.52. The highest BCUT2D eigenvalue weighted by Crippen LogP contribution is 2.34. The summed E-state index contributed by atoms with van der Waals surface area (Å²) in [6, 6.07) is 8.01. The molecule has 138 valence electrons. The second kappa shape index (κ2) is 7.60. The molecule has 1 fully saturated rings. The van der Waals surface area contributed by atoms with Crippen LogP contribution in [-0.2, 0) is 0 Å². The number of anilines is 1. The smallest absolute Gasteiger partial charge is 0.411 e. The van der Waals surface area contributed by atoms with Gasteiger partial charge in [-0.3, -0.25) is 4.90 Å². The zero-order valence-electron chi connectivity index (χ0n) is 14.3. The fourth-order valence-electron chi connectivity index (χ4n) is 3.34. The summed E-state index contributed by atoms with van der Waals surface area (Å²) in [5.41, 5.74) is 1.16. The number of carbonyl (C=O) groups is 1. The van der Waals surface area contributed by atoms with Gasteiger partial charge in [-0.1, -0.05) is 17.7 Å². The minimum atomic E-state index is -1.12. The van der Waals surface area contributed by atoms with Crippen molar-refractivity contribution in [1.82, 2.24) is 4.90 Å². The van der Waals surface area contributed by atoms with Crippen molar-refractivity contribution < 1.29 is 18.7 Å². The van der Waals surface area contributed by atoms with Crippen molar-refractivity contribution >= 4 is 23.4 Å². The Morgan fingerprint density at radius 2 is 2.08 bits per heavy atom. The maximum Gasteiger partial charge on any atom is 0.411 e. The molecule has 0 aliphatic carbocycles. The Bertz CT molecular complexity index is 831. The Morgan fingerprint density at radius 1 is 1.31 bits per heavy atom. The number of carboxylic acid groups (broad SMARTS) is 1. The third-order valence-electron chi connectivity index (χ3n) is 4.78. The Balaban J connectivity index is 2.04. The van der Waals surface area contributed by atoms with E-state index in [0.717, 1.165) is 19.4 Å². The minimum Gasteiger partial charge on any atom is -0.465 e. The zero-order valence-corrected chi connectivity index (χ0v) is 15.0. The summed E-state index contributed by atoms with van der Waals surface area (Å²) >= 11 is 5.85. The third-order valence-corrected chi connectivity index (χ3v) is 5.07. The first-order valence-corrected chi connectivity index (χ1v) is 8.70. The summed E-state index contributed by atoms with van der Waals surface area (Å²) in [4.78, 5) is 15.3. The van der Waals surface area contributed by atoms with E-state index in [1.54, 1.807) is 0 Å². The lowest BCUT2D eigenvalue weighted by Gasteiger charge is -2.28. The van der Waals surface area contributed by atoms with Crippen molar-refractivity contribution in [3.63, 3.8) is 0 Å². The molecular weight excluding hydrogens is 362 g/mol. The molecule has 26 heavy (non-hydrogen) atoms. The molecule has 1 atom stereocenters. The van der Waals surface area contributed by atoms with Crippen LogP contribution in [0.5, 0.6) is 0 Å².